The first-order valence-corrected chi connectivity index (χ1v) is 7.68. The van der Waals surface area contributed by atoms with Crippen molar-refractivity contribution in [3.63, 3.8) is 0 Å². The Labute approximate surface area is 145 Å². The molecule has 0 heterocycles. The number of amides is 2. The lowest BCUT2D eigenvalue weighted by molar-refractivity contribution is -0.136. The second-order valence-corrected chi connectivity index (χ2v) is 5.81. The van der Waals surface area contributed by atoms with E-state index in [1.54, 1.807) is 11.9 Å². The van der Waals surface area contributed by atoms with Crippen LogP contribution in [0.3, 0.4) is 0 Å². The minimum Gasteiger partial charge on any atom is -0.344 e. The third kappa shape index (κ3) is 7.48. The molecule has 1 aromatic carbocycles. The van der Waals surface area contributed by atoms with Crippen LogP contribution in [-0.4, -0.2) is 49.9 Å². The minimum absolute atomic E-state index is 0. The van der Waals surface area contributed by atoms with Gasteiger partial charge in [0.05, 0.1) is 6.42 Å². The highest BCUT2D eigenvalue weighted by Crippen LogP contribution is 2.07. The molecule has 23 heavy (non-hydrogen) atoms. The summed E-state index contributed by atoms with van der Waals surface area (Å²) in [6.45, 7) is 5.23. The standard InChI is InChI=1S/C17H27N3O2.ClH/c1-13(2)16(17(22)20(4)11-10-18-3)19-15(21)12-14-8-6-5-7-9-14;/h5-9,13,16,18H,10-12H2,1-4H3,(H,19,21);1H. The highest BCUT2D eigenvalue weighted by Gasteiger charge is 2.26. The molecule has 1 aromatic rings. The largest absolute Gasteiger partial charge is 0.344 e. The van der Waals surface area contributed by atoms with Crippen LogP contribution in [0.1, 0.15) is 19.4 Å². The molecule has 6 heteroatoms. The highest BCUT2D eigenvalue weighted by atomic mass is 35.5. The monoisotopic (exact) mass is 341 g/mol. The maximum Gasteiger partial charge on any atom is 0.245 e. The van der Waals surface area contributed by atoms with E-state index in [-0.39, 0.29) is 36.6 Å². The second-order valence-electron chi connectivity index (χ2n) is 5.81. The van der Waals surface area contributed by atoms with E-state index in [1.807, 2.05) is 51.2 Å². The Morgan fingerprint density at radius 3 is 2.30 bits per heavy atom. The van der Waals surface area contributed by atoms with Crippen molar-refractivity contribution in [2.75, 3.05) is 27.2 Å². The predicted molar refractivity (Wildman–Crippen MR) is 95.7 cm³/mol. The van der Waals surface area contributed by atoms with E-state index in [4.69, 9.17) is 0 Å². The van der Waals surface area contributed by atoms with E-state index in [1.165, 1.54) is 0 Å². The van der Waals surface area contributed by atoms with Gasteiger partial charge in [0.15, 0.2) is 0 Å². The lowest BCUT2D eigenvalue weighted by Crippen LogP contribution is -2.51. The summed E-state index contributed by atoms with van der Waals surface area (Å²) in [4.78, 5) is 26.3. The summed E-state index contributed by atoms with van der Waals surface area (Å²) in [5, 5.41) is 5.89. The molecular formula is C17H28ClN3O2. The quantitative estimate of drug-likeness (QED) is 0.752. The van der Waals surface area contributed by atoms with Crippen LogP contribution in [0.2, 0.25) is 0 Å². The van der Waals surface area contributed by atoms with E-state index in [2.05, 4.69) is 10.6 Å². The molecule has 1 rings (SSSR count). The third-order valence-corrected chi connectivity index (χ3v) is 3.53. The number of carbonyl (C=O) groups is 2. The molecule has 0 aliphatic carbocycles. The van der Waals surface area contributed by atoms with Crippen molar-refractivity contribution in [2.45, 2.75) is 26.3 Å². The van der Waals surface area contributed by atoms with Crippen molar-refractivity contribution in [1.82, 2.24) is 15.5 Å². The van der Waals surface area contributed by atoms with E-state index >= 15 is 0 Å². The Kier molecular flexibility index (Phi) is 10.3. The van der Waals surface area contributed by atoms with Crippen molar-refractivity contribution < 1.29 is 9.59 Å². The van der Waals surface area contributed by atoms with E-state index in [9.17, 15) is 9.59 Å². The molecular weight excluding hydrogens is 314 g/mol. The van der Waals surface area contributed by atoms with Crippen LogP contribution in [0.15, 0.2) is 30.3 Å². The first kappa shape index (κ1) is 21.4. The molecule has 0 spiro atoms. The maximum absolute atomic E-state index is 12.5. The Morgan fingerprint density at radius 1 is 1.17 bits per heavy atom. The molecule has 1 atom stereocenters. The normalized spacial score (nSPS) is 11.5. The fraction of sp³-hybridized carbons (Fsp3) is 0.529. The van der Waals surface area contributed by atoms with Gasteiger partial charge in [0.1, 0.15) is 6.04 Å². The van der Waals surface area contributed by atoms with Crippen LogP contribution < -0.4 is 10.6 Å². The summed E-state index contributed by atoms with van der Waals surface area (Å²) in [7, 11) is 3.61. The van der Waals surface area contributed by atoms with Gasteiger partial charge in [-0.1, -0.05) is 44.2 Å². The van der Waals surface area contributed by atoms with Gasteiger partial charge in [-0.15, -0.1) is 12.4 Å². The molecule has 0 aliphatic heterocycles. The van der Waals surface area contributed by atoms with Gasteiger partial charge in [0.25, 0.3) is 0 Å². The average Bonchev–Trinajstić information content (AvgIpc) is 2.50. The number of rotatable bonds is 8. The molecule has 0 saturated heterocycles. The molecule has 0 aromatic heterocycles. The first-order chi connectivity index (χ1) is 10.5. The zero-order chi connectivity index (χ0) is 16.5. The van der Waals surface area contributed by atoms with Crippen LogP contribution in [0.4, 0.5) is 0 Å². The van der Waals surface area contributed by atoms with Crippen LogP contribution in [0.5, 0.6) is 0 Å². The van der Waals surface area contributed by atoms with E-state index in [0.29, 0.717) is 6.54 Å². The lowest BCUT2D eigenvalue weighted by Gasteiger charge is -2.27. The molecule has 2 N–H and O–H groups in total. The van der Waals surface area contributed by atoms with E-state index < -0.39 is 6.04 Å². The topological polar surface area (TPSA) is 61.4 Å². The van der Waals surface area contributed by atoms with Crippen molar-refractivity contribution in [3.8, 4) is 0 Å². The zero-order valence-electron chi connectivity index (χ0n) is 14.3. The number of benzene rings is 1. The molecule has 0 radical (unpaired) electrons. The van der Waals surface area contributed by atoms with Crippen molar-refractivity contribution in [1.29, 1.82) is 0 Å². The first-order valence-electron chi connectivity index (χ1n) is 7.68. The van der Waals surface area contributed by atoms with E-state index in [0.717, 1.165) is 12.1 Å². The number of nitrogens with zero attached hydrogens (tertiary/aromatic N) is 1. The van der Waals surface area contributed by atoms with Crippen LogP contribution in [0.25, 0.3) is 0 Å². The Hall–Kier alpha value is -1.59. The summed E-state index contributed by atoms with van der Waals surface area (Å²) in [5.74, 6) is -0.129. The average molecular weight is 342 g/mol. The molecule has 5 nitrogen and oxygen atoms in total. The molecule has 1 unspecified atom stereocenters. The molecule has 0 fully saturated rings. The smallest absolute Gasteiger partial charge is 0.245 e. The van der Waals surface area contributed by atoms with Gasteiger partial charge in [-0.3, -0.25) is 9.59 Å². The van der Waals surface area contributed by atoms with Gasteiger partial charge >= 0.3 is 0 Å². The summed E-state index contributed by atoms with van der Waals surface area (Å²) < 4.78 is 0. The highest BCUT2D eigenvalue weighted by molar-refractivity contribution is 5.88. The molecule has 0 bridgehead atoms. The Bertz CT molecular complexity index is 480. The molecule has 0 aliphatic rings. The Morgan fingerprint density at radius 2 is 1.78 bits per heavy atom. The SMILES string of the molecule is CNCCN(C)C(=O)C(NC(=O)Cc1ccccc1)C(C)C.Cl. The van der Waals surface area contributed by atoms with Gasteiger partial charge in [-0.2, -0.15) is 0 Å². The number of hydrogen-bond donors (Lipinski definition) is 2. The van der Waals surface area contributed by atoms with Crippen molar-refractivity contribution >= 4 is 24.2 Å². The summed E-state index contributed by atoms with van der Waals surface area (Å²) in [5.41, 5.74) is 0.943. The summed E-state index contributed by atoms with van der Waals surface area (Å²) >= 11 is 0. The number of nitrogens with one attached hydrogen (secondary N) is 2. The van der Waals surface area contributed by atoms with Gasteiger partial charge in [0, 0.05) is 20.1 Å². The number of likely N-dealkylation sites (N-methyl/N-ethyl adjacent to an activating group) is 2. The van der Waals surface area contributed by atoms with Crippen molar-refractivity contribution in [3.05, 3.63) is 35.9 Å². The van der Waals surface area contributed by atoms with Gasteiger partial charge in [-0.25, -0.2) is 0 Å². The molecule has 130 valence electrons. The molecule has 0 saturated carbocycles. The van der Waals surface area contributed by atoms with Crippen LogP contribution >= 0.6 is 12.4 Å². The van der Waals surface area contributed by atoms with Gasteiger partial charge < -0.3 is 15.5 Å². The fourth-order valence-electron chi connectivity index (χ4n) is 2.15. The summed E-state index contributed by atoms with van der Waals surface area (Å²) in [6.07, 6.45) is 0.289. The van der Waals surface area contributed by atoms with Gasteiger partial charge in [0.2, 0.25) is 11.8 Å². The molecule has 2 amide bonds. The number of halogens is 1. The number of hydrogen-bond acceptors (Lipinski definition) is 3. The zero-order valence-corrected chi connectivity index (χ0v) is 15.2. The lowest BCUT2D eigenvalue weighted by atomic mass is 10.0. The van der Waals surface area contributed by atoms with Gasteiger partial charge in [-0.05, 0) is 18.5 Å². The summed E-state index contributed by atoms with van der Waals surface area (Å²) in [6, 6.07) is 9.05. The maximum atomic E-state index is 12.5. The van der Waals surface area contributed by atoms with Crippen molar-refractivity contribution in [2.24, 2.45) is 5.92 Å². The minimum atomic E-state index is -0.488. The Balaban J connectivity index is 0.00000484. The second kappa shape index (κ2) is 11.0. The fourth-order valence-corrected chi connectivity index (χ4v) is 2.15. The van der Waals surface area contributed by atoms with Crippen LogP contribution in [0, 0.1) is 5.92 Å². The number of carbonyl (C=O) groups excluding carboxylic acids is 2. The predicted octanol–water partition coefficient (Wildman–Crippen LogP) is 1.47. The third-order valence-electron chi connectivity index (χ3n) is 3.53. The van der Waals surface area contributed by atoms with Crippen LogP contribution in [-0.2, 0) is 16.0 Å².